The summed E-state index contributed by atoms with van der Waals surface area (Å²) in [6.07, 6.45) is 0. The summed E-state index contributed by atoms with van der Waals surface area (Å²) in [5, 5.41) is 6.96. The van der Waals surface area contributed by atoms with Gasteiger partial charge in [-0.25, -0.2) is 0 Å². The second-order valence-electron chi connectivity index (χ2n) is 4.57. The lowest BCUT2D eigenvalue weighted by molar-refractivity contribution is -0.0498. The second-order valence-corrected chi connectivity index (χ2v) is 5.82. The van der Waals surface area contributed by atoms with Crippen molar-refractivity contribution in [1.29, 1.82) is 0 Å². The average Bonchev–Trinajstić information content (AvgIpc) is 2.56. The minimum Gasteiger partial charge on any atom is -0.435 e. The van der Waals surface area contributed by atoms with Crippen LogP contribution in [0.25, 0.3) is 0 Å². The minimum absolute atomic E-state index is 0.0610. The zero-order valence-corrected chi connectivity index (χ0v) is 14.9. The van der Waals surface area contributed by atoms with Gasteiger partial charge in [-0.05, 0) is 73.0 Å². The molecular formula is C15H13ClF2N4OS2. The van der Waals surface area contributed by atoms with Crippen molar-refractivity contribution in [3.8, 4) is 5.75 Å². The maximum absolute atomic E-state index is 12.1. The Labute approximate surface area is 158 Å². The summed E-state index contributed by atoms with van der Waals surface area (Å²) in [6.45, 7) is -2.86. The van der Waals surface area contributed by atoms with Gasteiger partial charge >= 0.3 is 6.61 Å². The van der Waals surface area contributed by atoms with Gasteiger partial charge in [0.05, 0.1) is 0 Å². The van der Waals surface area contributed by atoms with E-state index in [2.05, 4.69) is 26.2 Å². The van der Waals surface area contributed by atoms with Gasteiger partial charge in [0.25, 0.3) is 0 Å². The molecule has 0 bridgehead atoms. The number of thiocarbonyl (C=S) groups is 2. The van der Waals surface area contributed by atoms with Gasteiger partial charge in [0.2, 0.25) is 0 Å². The second kappa shape index (κ2) is 9.30. The normalized spacial score (nSPS) is 10.1. The number of alkyl halides is 2. The van der Waals surface area contributed by atoms with Crippen molar-refractivity contribution in [2.75, 3.05) is 10.6 Å². The number of ether oxygens (including phenoxy) is 1. The Kier molecular flexibility index (Phi) is 7.11. The summed E-state index contributed by atoms with van der Waals surface area (Å²) in [7, 11) is 0. The van der Waals surface area contributed by atoms with Gasteiger partial charge in [0, 0.05) is 16.4 Å². The summed E-state index contributed by atoms with van der Waals surface area (Å²) in [5.41, 5.74) is 6.77. The van der Waals surface area contributed by atoms with Crippen LogP contribution in [0.15, 0.2) is 48.5 Å². The molecule has 2 aromatic rings. The molecule has 0 aliphatic carbocycles. The highest BCUT2D eigenvalue weighted by Gasteiger charge is 2.04. The first-order valence-corrected chi connectivity index (χ1v) is 8.06. The fraction of sp³-hybridized carbons (Fsp3) is 0.0667. The lowest BCUT2D eigenvalue weighted by Crippen LogP contribution is -2.45. The average molecular weight is 403 g/mol. The van der Waals surface area contributed by atoms with Crippen molar-refractivity contribution in [1.82, 2.24) is 10.9 Å². The fourth-order valence-corrected chi connectivity index (χ4v) is 2.15. The number of hydrogen-bond donors (Lipinski definition) is 4. The summed E-state index contributed by atoms with van der Waals surface area (Å²) >= 11 is 16.0. The van der Waals surface area contributed by atoms with Gasteiger partial charge < -0.3 is 15.4 Å². The predicted octanol–water partition coefficient (Wildman–Crippen LogP) is 4.13. The van der Waals surface area contributed by atoms with Crippen LogP contribution in [0.5, 0.6) is 5.75 Å². The summed E-state index contributed by atoms with van der Waals surface area (Å²) in [4.78, 5) is 0. The molecule has 10 heteroatoms. The molecule has 25 heavy (non-hydrogen) atoms. The molecule has 2 rings (SSSR count). The van der Waals surface area contributed by atoms with Gasteiger partial charge in [-0.2, -0.15) is 8.78 Å². The lowest BCUT2D eigenvalue weighted by atomic mass is 10.3. The van der Waals surface area contributed by atoms with E-state index in [-0.39, 0.29) is 10.9 Å². The minimum atomic E-state index is -2.86. The summed E-state index contributed by atoms with van der Waals surface area (Å²) < 4.78 is 28.4. The lowest BCUT2D eigenvalue weighted by Gasteiger charge is -2.14. The molecule has 2 aromatic carbocycles. The maximum Gasteiger partial charge on any atom is 0.387 e. The zero-order valence-electron chi connectivity index (χ0n) is 12.6. The van der Waals surface area contributed by atoms with Gasteiger partial charge in [0.1, 0.15) is 5.75 Å². The van der Waals surface area contributed by atoms with E-state index in [9.17, 15) is 8.78 Å². The van der Waals surface area contributed by atoms with Crippen LogP contribution in [0, 0.1) is 0 Å². The largest absolute Gasteiger partial charge is 0.435 e. The number of rotatable bonds is 4. The summed E-state index contributed by atoms with van der Waals surface area (Å²) in [5.74, 6) is 0.0610. The molecule has 0 fully saturated rings. The van der Waals surface area contributed by atoms with E-state index < -0.39 is 6.61 Å². The SMILES string of the molecule is FC(F)Oc1ccc(NC(=S)NNC(=S)Nc2ccc(Cl)cc2)cc1. The smallest absolute Gasteiger partial charge is 0.387 e. The molecule has 0 heterocycles. The van der Waals surface area contributed by atoms with E-state index in [1.54, 1.807) is 36.4 Å². The van der Waals surface area contributed by atoms with E-state index in [1.807, 2.05) is 0 Å². The highest BCUT2D eigenvalue weighted by molar-refractivity contribution is 7.81. The number of halogens is 3. The van der Waals surface area contributed by atoms with Crippen LogP contribution in [0.3, 0.4) is 0 Å². The summed E-state index contributed by atoms with van der Waals surface area (Å²) in [6, 6.07) is 12.9. The van der Waals surface area contributed by atoms with Crippen LogP contribution in [0.2, 0.25) is 5.02 Å². The van der Waals surface area contributed by atoms with Crippen molar-refractivity contribution >= 4 is 57.6 Å². The molecule has 0 aliphatic rings. The van der Waals surface area contributed by atoms with Gasteiger partial charge in [0.15, 0.2) is 10.2 Å². The van der Waals surface area contributed by atoms with E-state index in [0.29, 0.717) is 15.8 Å². The van der Waals surface area contributed by atoms with Crippen LogP contribution < -0.4 is 26.2 Å². The highest BCUT2D eigenvalue weighted by Crippen LogP contribution is 2.17. The molecule has 0 spiro atoms. The topological polar surface area (TPSA) is 57.4 Å². The Morgan fingerprint density at radius 2 is 1.28 bits per heavy atom. The van der Waals surface area contributed by atoms with E-state index >= 15 is 0 Å². The zero-order chi connectivity index (χ0) is 18.2. The Morgan fingerprint density at radius 3 is 1.72 bits per heavy atom. The molecule has 0 unspecified atom stereocenters. The van der Waals surface area contributed by atoms with Crippen molar-refractivity contribution in [2.24, 2.45) is 0 Å². The van der Waals surface area contributed by atoms with E-state index in [4.69, 9.17) is 36.0 Å². The Balaban J connectivity index is 1.76. The van der Waals surface area contributed by atoms with E-state index in [1.165, 1.54) is 12.1 Å². The van der Waals surface area contributed by atoms with Crippen LogP contribution in [-0.2, 0) is 0 Å². The Morgan fingerprint density at radius 1 is 0.840 bits per heavy atom. The van der Waals surface area contributed by atoms with Crippen LogP contribution in [-0.4, -0.2) is 16.8 Å². The molecule has 0 radical (unpaired) electrons. The van der Waals surface area contributed by atoms with Gasteiger partial charge in [-0.1, -0.05) is 11.6 Å². The maximum atomic E-state index is 12.1. The molecule has 5 nitrogen and oxygen atoms in total. The molecule has 0 saturated carbocycles. The standard InChI is InChI=1S/C15H13ClF2N4OS2/c16-9-1-3-10(4-2-9)19-14(24)21-22-15(25)20-11-5-7-12(8-6-11)23-13(17)18/h1-8,13H,(H2,19,21,24)(H2,20,22,25). The van der Waals surface area contributed by atoms with Crippen molar-refractivity contribution < 1.29 is 13.5 Å². The van der Waals surface area contributed by atoms with Gasteiger partial charge in [-0.15, -0.1) is 0 Å². The van der Waals surface area contributed by atoms with Crippen LogP contribution in [0.1, 0.15) is 0 Å². The van der Waals surface area contributed by atoms with Gasteiger partial charge in [-0.3, -0.25) is 10.9 Å². The molecule has 0 atom stereocenters. The highest BCUT2D eigenvalue weighted by atomic mass is 35.5. The molecule has 132 valence electrons. The van der Waals surface area contributed by atoms with Crippen molar-refractivity contribution in [3.05, 3.63) is 53.6 Å². The molecule has 4 N–H and O–H groups in total. The van der Waals surface area contributed by atoms with Crippen LogP contribution >= 0.6 is 36.0 Å². The molecule has 0 saturated heterocycles. The number of benzene rings is 2. The third-order valence-corrected chi connectivity index (χ3v) is 3.39. The molecule has 0 amide bonds. The van der Waals surface area contributed by atoms with Crippen molar-refractivity contribution in [3.63, 3.8) is 0 Å². The Hall–Kier alpha value is -2.23. The first-order valence-electron chi connectivity index (χ1n) is 6.87. The third-order valence-electron chi connectivity index (χ3n) is 2.73. The number of nitrogens with one attached hydrogen (secondary N) is 4. The first-order chi connectivity index (χ1) is 11.9. The number of hydrogen-bond acceptors (Lipinski definition) is 3. The molecule has 0 aliphatic heterocycles. The molecular weight excluding hydrogens is 390 g/mol. The van der Waals surface area contributed by atoms with Crippen molar-refractivity contribution in [2.45, 2.75) is 6.61 Å². The predicted molar refractivity (Wildman–Crippen MR) is 103 cm³/mol. The quantitative estimate of drug-likeness (QED) is 0.453. The number of anilines is 2. The van der Waals surface area contributed by atoms with E-state index in [0.717, 1.165) is 5.69 Å². The fourth-order valence-electron chi connectivity index (χ4n) is 1.69. The molecule has 0 aromatic heterocycles. The monoisotopic (exact) mass is 402 g/mol. The third kappa shape index (κ3) is 7.04. The number of hydrazine groups is 1. The Bertz CT molecular complexity index is 729. The first kappa shape index (κ1) is 19.1. The van der Waals surface area contributed by atoms with Crippen LogP contribution in [0.4, 0.5) is 20.2 Å².